The largest absolute Gasteiger partial charge is 0.366 e. The number of fused-ring (bicyclic) bond motifs is 1. The topological polar surface area (TPSA) is 79.4 Å². The van der Waals surface area contributed by atoms with Crippen molar-refractivity contribution >= 4 is 22.9 Å². The van der Waals surface area contributed by atoms with Crippen LogP contribution in [0.3, 0.4) is 0 Å². The van der Waals surface area contributed by atoms with Crippen LogP contribution in [-0.2, 0) is 6.54 Å². The number of carbonyl (C=O) groups excluding carboxylic acids is 1. The molecule has 2 aromatic rings. The van der Waals surface area contributed by atoms with Crippen molar-refractivity contribution in [3.8, 4) is 0 Å². The first-order valence-corrected chi connectivity index (χ1v) is 10.7. The molecule has 152 valence electrons. The van der Waals surface area contributed by atoms with Crippen LogP contribution in [0, 0.1) is 0 Å². The van der Waals surface area contributed by atoms with E-state index in [1.807, 2.05) is 6.07 Å². The first-order valence-electron chi connectivity index (χ1n) is 10.7. The number of benzene rings is 1. The number of piperidine rings is 1. The molecule has 3 heterocycles. The fourth-order valence-corrected chi connectivity index (χ4v) is 4.71. The number of anilines is 1. The fourth-order valence-electron chi connectivity index (χ4n) is 4.71. The number of amides is 1. The molecule has 4 rings (SSSR count). The number of hydrogen-bond acceptors (Lipinski definition) is 5. The highest BCUT2D eigenvalue weighted by atomic mass is 16.1. The Hall–Kier alpha value is -2.12. The van der Waals surface area contributed by atoms with Crippen molar-refractivity contribution in [3.05, 3.63) is 23.8 Å². The third kappa shape index (κ3) is 3.73. The molecular weight excluding hydrogens is 352 g/mol. The van der Waals surface area contributed by atoms with Gasteiger partial charge in [0, 0.05) is 45.3 Å². The van der Waals surface area contributed by atoms with E-state index < -0.39 is 5.91 Å². The van der Waals surface area contributed by atoms with Crippen molar-refractivity contribution < 1.29 is 4.79 Å². The Morgan fingerprint density at radius 1 is 1.21 bits per heavy atom. The van der Waals surface area contributed by atoms with Crippen molar-refractivity contribution in [2.24, 2.45) is 5.73 Å². The Kier molecular flexibility index (Phi) is 5.82. The van der Waals surface area contributed by atoms with Crippen molar-refractivity contribution in [1.29, 1.82) is 0 Å². The van der Waals surface area contributed by atoms with Gasteiger partial charge in [0.05, 0.1) is 11.1 Å². The van der Waals surface area contributed by atoms with Crippen LogP contribution in [0.5, 0.6) is 0 Å². The Morgan fingerprint density at radius 3 is 2.79 bits per heavy atom. The van der Waals surface area contributed by atoms with Crippen LogP contribution in [0.25, 0.3) is 11.0 Å². The lowest BCUT2D eigenvalue weighted by Gasteiger charge is -2.36. The number of piperazine rings is 1. The zero-order valence-electron chi connectivity index (χ0n) is 16.9. The van der Waals surface area contributed by atoms with Gasteiger partial charge in [0.2, 0.25) is 5.95 Å². The summed E-state index contributed by atoms with van der Waals surface area (Å²) in [6.07, 6.45) is 5.15. The molecule has 0 saturated carbocycles. The minimum atomic E-state index is -0.413. The minimum Gasteiger partial charge on any atom is -0.366 e. The van der Waals surface area contributed by atoms with Gasteiger partial charge in [-0.2, -0.15) is 0 Å². The molecule has 1 aromatic carbocycles. The highest BCUT2D eigenvalue weighted by Gasteiger charge is 2.24. The molecule has 7 nitrogen and oxygen atoms in total. The average molecular weight is 385 g/mol. The highest BCUT2D eigenvalue weighted by molar-refractivity contribution is 6.04. The maximum atomic E-state index is 11.9. The van der Waals surface area contributed by atoms with Crippen LogP contribution >= 0.6 is 0 Å². The maximum absolute atomic E-state index is 11.9. The summed E-state index contributed by atoms with van der Waals surface area (Å²) in [7, 11) is 0. The molecule has 1 atom stereocenters. The molecule has 3 N–H and O–H groups in total. The molecule has 1 unspecified atom stereocenters. The summed E-state index contributed by atoms with van der Waals surface area (Å²) in [6, 6.07) is 6.44. The quantitative estimate of drug-likeness (QED) is 0.794. The molecule has 0 spiro atoms. The van der Waals surface area contributed by atoms with E-state index in [1.54, 1.807) is 6.07 Å². The number of para-hydroxylation sites is 1. The molecule has 1 amide bonds. The number of nitrogens with one attached hydrogen (secondary N) is 1. The third-order valence-corrected chi connectivity index (χ3v) is 6.26. The van der Waals surface area contributed by atoms with Crippen molar-refractivity contribution in [1.82, 2.24) is 19.8 Å². The Morgan fingerprint density at radius 2 is 2.04 bits per heavy atom. The second-order valence-electron chi connectivity index (χ2n) is 7.93. The number of likely N-dealkylation sites (tertiary alicyclic amines) is 1. The fraction of sp³-hybridized carbons (Fsp3) is 0.619. The van der Waals surface area contributed by atoms with E-state index in [1.165, 1.54) is 32.2 Å². The summed E-state index contributed by atoms with van der Waals surface area (Å²) in [5, 5.41) is 3.40. The van der Waals surface area contributed by atoms with Crippen LogP contribution in [0.15, 0.2) is 18.2 Å². The predicted molar refractivity (Wildman–Crippen MR) is 113 cm³/mol. The molecule has 1 aromatic heterocycles. The van der Waals surface area contributed by atoms with Crippen molar-refractivity contribution in [2.75, 3.05) is 44.2 Å². The van der Waals surface area contributed by atoms with Crippen molar-refractivity contribution in [3.63, 3.8) is 0 Å². The van der Waals surface area contributed by atoms with Gasteiger partial charge < -0.3 is 20.5 Å². The standard InChI is InChI=1S/C21H32N6O/c1-2-16-6-3-4-11-25(16)14-15-27-18-8-5-7-17(20(22)28)19(18)24-21(27)26-12-9-23-10-13-26/h5,7-8,16,23H,2-4,6,9-15H2,1H3,(H2,22,28). The Bertz CT molecular complexity index is 826. The second kappa shape index (κ2) is 8.49. The first kappa shape index (κ1) is 19.2. The number of imidazole rings is 1. The summed E-state index contributed by atoms with van der Waals surface area (Å²) in [4.78, 5) is 21.8. The van der Waals surface area contributed by atoms with Crippen molar-refractivity contribution in [2.45, 2.75) is 45.2 Å². The number of nitrogens with zero attached hydrogens (tertiary/aromatic N) is 4. The van der Waals surface area contributed by atoms with Crippen LogP contribution in [-0.4, -0.2) is 65.7 Å². The van der Waals surface area contributed by atoms with Gasteiger partial charge in [-0.3, -0.25) is 9.69 Å². The summed E-state index contributed by atoms with van der Waals surface area (Å²) in [5.41, 5.74) is 7.88. The van der Waals surface area contributed by atoms with Crippen LogP contribution < -0.4 is 16.0 Å². The molecule has 2 saturated heterocycles. The molecule has 0 radical (unpaired) electrons. The predicted octanol–water partition coefficient (Wildman–Crippen LogP) is 1.81. The lowest BCUT2D eigenvalue weighted by molar-refractivity contribution is 0.100. The molecule has 2 fully saturated rings. The zero-order valence-corrected chi connectivity index (χ0v) is 16.9. The van der Waals surface area contributed by atoms with Gasteiger partial charge in [-0.15, -0.1) is 0 Å². The van der Waals surface area contributed by atoms with Gasteiger partial charge in [0.15, 0.2) is 0 Å². The lowest BCUT2D eigenvalue weighted by Crippen LogP contribution is -2.45. The monoisotopic (exact) mass is 384 g/mol. The number of rotatable bonds is 6. The van der Waals surface area contributed by atoms with Gasteiger partial charge in [-0.1, -0.05) is 19.4 Å². The van der Waals surface area contributed by atoms with E-state index in [0.717, 1.165) is 56.3 Å². The van der Waals surface area contributed by atoms with E-state index in [9.17, 15) is 4.79 Å². The number of aromatic nitrogens is 2. The third-order valence-electron chi connectivity index (χ3n) is 6.26. The minimum absolute atomic E-state index is 0.413. The van der Waals surface area contributed by atoms with Gasteiger partial charge >= 0.3 is 0 Å². The smallest absolute Gasteiger partial charge is 0.250 e. The summed E-state index contributed by atoms with van der Waals surface area (Å²) < 4.78 is 2.30. The number of carbonyl (C=O) groups is 1. The Balaban J connectivity index is 1.68. The normalized spacial score (nSPS) is 21.3. The summed E-state index contributed by atoms with van der Waals surface area (Å²) >= 11 is 0. The van der Waals surface area contributed by atoms with Crippen LogP contribution in [0.2, 0.25) is 0 Å². The molecule has 7 heteroatoms. The first-order chi connectivity index (χ1) is 13.7. The van der Waals surface area contributed by atoms with Gasteiger partial charge in [0.25, 0.3) is 5.91 Å². The number of hydrogen-bond donors (Lipinski definition) is 2. The average Bonchev–Trinajstić information content (AvgIpc) is 3.11. The molecule has 28 heavy (non-hydrogen) atoms. The van der Waals surface area contributed by atoms with E-state index in [0.29, 0.717) is 11.6 Å². The summed E-state index contributed by atoms with van der Waals surface area (Å²) in [6.45, 7) is 9.14. The number of primary amides is 1. The van der Waals surface area contributed by atoms with E-state index >= 15 is 0 Å². The van der Waals surface area contributed by atoms with Gasteiger partial charge in [0.1, 0.15) is 5.52 Å². The molecule has 2 aliphatic rings. The van der Waals surface area contributed by atoms with Crippen LogP contribution in [0.4, 0.5) is 5.95 Å². The lowest BCUT2D eigenvalue weighted by atomic mass is 10.0. The van der Waals surface area contributed by atoms with Crippen LogP contribution in [0.1, 0.15) is 43.0 Å². The molecule has 0 bridgehead atoms. The van der Waals surface area contributed by atoms with E-state index in [4.69, 9.17) is 10.7 Å². The Labute approximate surface area is 166 Å². The van der Waals surface area contributed by atoms with E-state index in [-0.39, 0.29) is 0 Å². The molecular formula is C21H32N6O. The second-order valence-corrected chi connectivity index (χ2v) is 7.93. The molecule has 2 aliphatic heterocycles. The highest BCUT2D eigenvalue weighted by Crippen LogP contribution is 2.27. The number of nitrogens with two attached hydrogens (primary N) is 1. The summed E-state index contributed by atoms with van der Waals surface area (Å²) in [5.74, 6) is 0.555. The van der Waals surface area contributed by atoms with Gasteiger partial charge in [-0.05, 0) is 37.9 Å². The SMILES string of the molecule is CCC1CCCCN1CCn1c(N2CCNCC2)nc2c(C(N)=O)cccc21. The van der Waals surface area contributed by atoms with Gasteiger partial charge in [-0.25, -0.2) is 4.98 Å². The molecule has 0 aliphatic carbocycles. The van der Waals surface area contributed by atoms with E-state index in [2.05, 4.69) is 32.7 Å². The zero-order chi connectivity index (χ0) is 19.5. The maximum Gasteiger partial charge on any atom is 0.250 e.